The normalized spacial score (nSPS) is 19.0. The first-order valence-corrected chi connectivity index (χ1v) is 12.0. The number of fused-ring (bicyclic) bond motifs is 1. The van der Waals surface area contributed by atoms with Gasteiger partial charge in [-0.1, -0.05) is 17.7 Å². The summed E-state index contributed by atoms with van der Waals surface area (Å²) in [6.07, 6.45) is 1.24. The van der Waals surface area contributed by atoms with Gasteiger partial charge >= 0.3 is 0 Å². The van der Waals surface area contributed by atoms with E-state index in [0.717, 1.165) is 11.3 Å². The third-order valence-corrected chi connectivity index (χ3v) is 8.02. The Labute approximate surface area is 188 Å². The lowest BCUT2D eigenvalue weighted by molar-refractivity contribution is -0.123. The van der Waals surface area contributed by atoms with Crippen LogP contribution < -0.4 is 15.0 Å². The Hall–Kier alpha value is -2.91. The lowest BCUT2D eigenvalue weighted by Crippen LogP contribution is -2.46. The minimum absolute atomic E-state index is 0.0954. The molecule has 2 aliphatic heterocycles. The van der Waals surface area contributed by atoms with E-state index in [4.69, 9.17) is 4.74 Å². The summed E-state index contributed by atoms with van der Waals surface area (Å²) in [5.74, 6) is -0.458. The SMILES string of the molecule is Cc1ccc(N(C)C(=O)[C@H]2CCCN(S(=O)(=O)c3cc4c(cc3C)NC(=O)CO4)C2)cc1. The van der Waals surface area contributed by atoms with Gasteiger partial charge in [0.05, 0.1) is 16.5 Å². The van der Waals surface area contributed by atoms with Crippen molar-refractivity contribution in [1.29, 1.82) is 0 Å². The molecule has 2 aliphatic rings. The largest absolute Gasteiger partial charge is 0.482 e. The summed E-state index contributed by atoms with van der Waals surface area (Å²) >= 11 is 0. The third-order valence-electron chi connectivity index (χ3n) is 6.01. The summed E-state index contributed by atoms with van der Waals surface area (Å²) in [6, 6.07) is 10.7. The smallest absolute Gasteiger partial charge is 0.262 e. The van der Waals surface area contributed by atoms with Crippen molar-refractivity contribution in [2.45, 2.75) is 31.6 Å². The molecule has 2 amide bonds. The first-order valence-electron chi connectivity index (χ1n) is 10.6. The average molecular weight is 458 g/mol. The molecule has 0 aromatic heterocycles. The zero-order valence-corrected chi connectivity index (χ0v) is 19.2. The molecule has 2 aromatic rings. The fourth-order valence-corrected chi connectivity index (χ4v) is 5.91. The highest BCUT2D eigenvalue weighted by atomic mass is 32.2. The molecule has 0 aliphatic carbocycles. The van der Waals surface area contributed by atoms with Gasteiger partial charge in [0, 0.05) is 31.9 Å². The Morgan fingerprint density at radius 2 is 1.91 bits per heavy atom. The number of anilines is 2. The van der Waals surface area contributed by atoms with Gasteiger partial charge in [0.25, 0.3) is 5.91 Å². The molecule has 32 heavy (non-hydrogen) atoms. The number of carbonyl (C=O) groups excluding carboxylic acids is 2. The molecule has 2 heterocycles. The quantitative estimate of drug-likeness (QED) is 0.762. The van der Waals surface area contributed by atoms with E-state index in [-0.39, 0.29) is 29.9 Å². The van der Waals surface area contributed by atoms with Gasteiger partial charge in [-0.2, -0.15) is 4.31 Å². The molecule has 170 valence electrons. The molecule has 8 nitrogen and oxygen atoms in total. The van der Waals surface area contributed by atoms with Crippen molar-refractivity contribution in [3.63, 3.8) is 0 Å². The van der Waals surface area contributed by atoms with Crippen LogP contribution in [0.2, 0.25) is 0 Å². The van der Waals surface area contributed by atoms with Crippen LogP contribution >= 0.6 is 0 Å². The number of aryl methyl sites for hydroxylation is 2. The molecule has 0 unspecified atom stereocenters. The van der Waals surface area contributed by atoms with Gasteiger partial charge in [-0.15, -0.1) is 0 Å². The number of sulfonamides is 1. The van der Waals surface area contributed by atoms with E-state index in [1.807, 2.05) is 31.2 Å². The molecule has 1 saturated heterocycles. The summed E-state index contributed by atoms with van der Waals surface area (Å²) in [5.41, 5.74) is 2.86. The number of ether oxygens (including phenoxy) is 1. The summed E-state index contributed by atoms with van der Waals surface area (Å²) in [7, 11) is -2.11. The molecule has 1 atom stereocenters. The van der Waals surface area contributed by atoms with Crippen molar-refractivity contribution in [2.24, 2.45) is 5.92 Å². The summed E-state index contributed by atoms with van der Waals surface area (Å²) in [5, 5.41) is 2.69. The van der Waals surface area contributed by atoms with Crippen LogP contribution in [0.1, 0.15) is 24.0 Å². The highest BCUT2D eigenvalue weighted by Crippen LogP contribution is 2.35. The standard InChI is InChI=1S/C23H27N3O5S/c1-15-6-8-18(9-7-15)25(3)23(28)17-5-4-10-26(13-17)32(29,30)21-12-20-19(11-16(21)2)24-22(27)14-31-20/h6-9,11-12,17H,4-5,10,13-14H2,1-3H3,(H,24,27)/t17-/m0/s1. The van der Waals surface area contributed by atoms with Crippen LogP contribution in [0, 0.1) is 19.8 Å². The van der Waals surface area contributed by atoms with Crippen LogP contribution in [0.4, 0.5) is 11.4 Å². The number of hydrogen-bond acceptors (Lipinski definition) is 5. The van der Waals surface area contributed by atoms with Crippen molar-refractivity contribution in [2.75, 3.05) is 37.0 Å². The maximum atomic E-state index is 13.5. The summed E-state index contributed by atoms with van der Waals surface area (Å²) < 4.78 is 33.7. The van der Waals surface area contributed by atoms with Crippen molar-refractivity contribution in [1.82, 2.24) is 4.31 Å². The molecule has 0 bridgehead atoms. The van der Waals surface area contributed by atoms with Crippen LogP contribution in [-0.4, -0.2) is 51.3 Å². The molecule has 0 saturated carbocycles. The molecule has 0 radical (unpaired) electrons. The van der Waals surface area contributed by atoms with Crippen molar-refractivity contribution >= 4 is 33.2 Å². The van der Waals surface area contributed by atoms with E-state index in [9.17, 15) is 18.0 Å². The number of carbonyl (C=O) groups is 2. The topological polar surface area (TPSA) is 96.0 Å². The highest BCUT2D eigenvalue weighted by Gasteiger charge is 2.36. The first-order chi connectivity index (χ1) is 15.2. The van der Waals surface area contributed by atoms with Crippen LogP contribution in [0.25, 0.3) is 0 Å². The minimum atomic E-state index is -3.83. The monoisotopic (exact) mass is 457 g/mol. The van der Waals surface area contributed by atoms with Crippen molar-refractivity contribution < 1.29 is 22.7 Å². The molecule has 4 rings (SSSR count). The second-order valence-corrected chi connectivity index (χ2v) is 10.3. The Bertz CT molecular complexity index is 1160. The fraction of sp³-hybridized carbons (Fsp3) is 0.391. The number of piperidine rings is 1. The first kappa shape index (κ1) is 22.3. The van der Waals surface area contributed by atoms with Crippen LogP contribution in [-0.2, 0) is 19.6 Å². The van der Waals surface area contributed by atoms with E-state index in [1.165, 1.54) is 10.4 Å². The fourth-order valence-electron chi connectivity index (χ4n) is 4.16. The van der Waals surface area contributed by atoms with Gasteiger partial charge < -0.3 is 15.0 Å². The van der Waals surface area contributed by atoms with E-state index in [1.54, 1.807) is 24.9 Å². The highest BCUT2D eigenvalue weighted by molar-refractivity contribution is 7.89. The van der Waals surface area contributed by atoms with E-state index in [0.29, 0.717) is 36.4 Å². The number of amides is 2. The third kappa shape index (κ3) is 4.22. The number of nitrogens with zero attached hydrogens (tertiary/aromatic N) is 2. The maximum absolute atomic E-state index is 13.5. The predicted octanol–water partition coefficient (Wildman–Crippen LogP) is 2.70. The van der Waals surface area contributed by atoms with Gasteiger partial charge in [-0.25, -0.2) is 8.42 Å². The Morgan fingerprint density at radius 3 is 2.62 bits per heavy atom. The minimum Gasteiger partial charge on any atom is -0.482 e. The van der Waals surface area contributed by atoms with Crippen LogP contribution in [0.5, 0.6) is 5.75 Å². The zero-order chi connectivity index (χ0) is 23.0. The van der Waals surface area contributed by atoms with Gasteiger partial charge in [-0.3, -0.25) is 9.59 Å². The van der Waals surface area contributed by atoms with Gasteiger partial charge in [0.2, 0.25) is 15.9 Å². The molecular formula is C23H27N3O5S. The molecule has 9 heteroatoms. The number of benzene rings is 2. The maximum Gasteiger partial charge on any atom is 0.262 e. The molecule has 2 aromatic carbocycles. The zero-order valence-electron chi connectivity index (χ0n) is 18.4. The lowest BCUT2D eigenvalue weighted by atomic mass is 9.98. The molecule has 1 fully saturated rings. The molecule has 1 N–H and O–H groups in total. The molecule has 0 spiro atoms. The average Bonchev–Trinajstić information content (AvgIpc) is 2.78. The number of hydrogen-bond donors (Lipinski definition) is 1. The van der Waals surface area contributed by atoms with E-state index in [2.05, 4.69) is 5.32 Å². The Kier molecular flexibility index (Phi) is 5.96. The molecular weight excluding hydrogens is 430 g/mol. The van der Waals surface area contributed by atoms with Gasteiger partial charge in [-0.05, 0) is 50.5 Å². The van der Waals surface area contributed by atoms with Gasteiger partial charge in [0.15, 0.2) is 6.61 Å². The summed E-state index contributed by atoms with van der Waals surface area (Å²) in [4.78, 5) is 26.4. The summed E-state index contributed by atoms with van der Waals surface area (Å²) in [6.45, 7) is 4.00. The van der Waals surface area contributed by atoms with E-state index < -0.39 is 15.9 Å². The second kappa shape index (κ2) is 8.55. The van der Waals surface area contributed by atoms with E-state index >= 15 is 0 Å². The Balaban J connectivity index is 1.55. The van der Waals surface area contributed by atoms with Crippen molar-refractivity contribution in [3.05, 3.63) is 47.5 Å². The number of nitrogens with one attached hydrogen (secondary N) is 1. The number of rotatable bonds is 4. The predicted molar refractivity (Wildman–Crippen MR) is 121 cm³/mol. The van der Waals surface area contributed by atoms with Crippen LogP contribution in [0.15, 0.2) is 41.3 Å². The second-order valence-electron chi connectivity index (χ2n) is 8.39. The van der Waals surface area contributed by atoms with Crippen molar-refractivity contribution in [3.8, 4) is 5.75 Å². The van der Waals surface area contributed by atoms with Crippen LogP contribution in [0.3, 0.4) is 0 Å². The Morgan fingerprint density at radius 1 is 1.19 bits per heavy atom. The van der Waals surface area contributed by atoms with Gasteiger partial charge in [0.1, 0.15) is 5.75 Å². The lowest BCUT2D eigenvalue weighted by Gasteiger charge is -2.33.